The smallest absolute Gasteiger partial charge is 0.343 e. The van der Waals surface area contributed by atoms with Gasteiger partial charge in [0.2, 0.25) is 11.3 Å². The van der Waals surface area contributed by atoms with E-state index in [4.69, 9.17) is 14.2 Å². The predicted molar refractivity (Wildman–Crippen MR) is 113 cm³/mol. The van der Waals surface area contributed by atoms with Crippen molar-refractivity contribution in [2.45, 2.75) is 20.4 Å². The second-order valence-electron chi connectivity index (χ2n) is 6.95. The molecule has 0 saturated carbocycles. The summed E-state index contributed by atoms with van der Waals surface area (Å²) in [7, 11) is 0. The largest absolute Gasteiger partial charge is 0.486 e. The first-order valence-corrected chi connectivity index (χ1v) is 9.83. The van der Waals surface area contributed by atoms with Crippen molar-refractivity contribution in [3.05, 3.63) is 58.0 Å². The molecule has 3 aromatic rings. The SMILES string of the molecule is CCOC(=O)c1cn(CC(=O)Nc2ccc3c(c2)OCCO3)c2nc(C)ccc2c1=O. The highest BCUT2D eigenvalue weighted by molar-refractivity contribution is 5.95. The van der Waals surface area contributed by atoms with Crippen LogP contribution in [0.4, 0.5) is 5.69 Å². The molecule has 0 unspecified atom stereocenters. The molecule has 0 aliphatic carbocycles. The van der Waals surface area contributed by atoms with Crippen LogP contribution in [0.5, 0.6) is 11.5 Å². The molecule has 3 heterocycles. The normalized spacial score (nSPS) is 12.5. The van der Waals surface area contributed by atoms with E-state index >= 15 is 0 Å². The minimum absolute atomic E-state index is 0.132. The van der Waals surface area contributed by atoms with E-state index in [1.807, 2.05) is 0 Å². The van der Waals surface area contributed by atoms with Gasteiger partial charge < -0.3 is 24.1 Å². The summed E-state index contributed by atoms with van der Waals surface area (Å²) < 4.78 is 17.5. The Kier molecular flexibility index (Phi) is 5.57. The number of carbonyl (C=O) groups excluding carboxylic acids is 2. The Morgan fingerprint density at radius 3 is 2.71 bits per heavy atom. The zero-order valence-electron chi connectivity index (χ0n) is 17.1. The van der Waals surface area contributed by atoms with Gasteiger partial charge in [-0.3, -0.25) is 9.59 Å². The van der Waals surface area contributed by atoms with E-state index in [1.165, 1.54) is 10.8 Å². The van der Waals surface area contributed by atoms with E-state index in [2.05, 4.69) is 10.3 Å². The number of esters is 1. The van der Waals surface area contributed by atoms with Crippen molar-refractivity contribution in [3.8, 4) is 11.5 Å². The molecular weight excluding hydrogens is 402 g/mol. The van der Waals surface area contributed by atoms with Crippen LogP contribution in [0.1, 0.15) is 23.0 Å². The van der Waals surface area contributed by atoms with E-state index in [0.29, 0.717) is 41.7 Å². The minimum atomic E-state index is -0.740. The first-order chi connectivity index (χ1) is 15.0. The lowest BCUT2D eigenvalue weighted by Gasteiger charge is -2.19. The molecule has 0 saturated heterocycles. The van der Waals surface area contributed by atoms with Crippen LogP contribution in [0, 0.1) is 6.92 Å². The van der Waals surface area contributed by atoms with Gasteiger partial charge in [0, 0.05) is 23.6 Å². The standard InChI is InChI=1S/C22H21N3O6/c1-3-29-22(28)16-11-25(21-15(20(16)27)6-4-13(2)23-21)12-19(26)24-14-5-7-17-18(10-14)31-9-8-30-17/h4-7,10-11H,3,8-9,12H2,1-2H3,(H,24,26). The molecule has 0 spiro atoms. The van der Waals surface area contributed by atoms with Crippen LogP contribution >= 0.6 is 0 Å². The number of rotatable bonds is 5. The van der Waals surface area contributed by atoms with Gasteiger partial charge in [0.25, 0.3) is 0 Å². The Hall–Kier alpha value is -3.88. The molecule has 0 radical (unpaired) electrons. The first-order valence-electron chi connectivity index (χ1n) is 9.83. The van der Waals surface area contributed by atoms with Crippen molar-refractivity contribution < 1.29 is 23.8 Å². The fourth-order valence-electron chi connectivity index (χ4n) is 3.31. The number of aromatic nitrogens is 2. The van der Waals surface area contributed by atoms with Gasteiger partial charge in [-0.25, -0.2) is 9.78 Å². The van der Waals surface area contributed by atoms with Crippen molar-refractivity contribution >= 4 is 28.6 Å². The monoisotopic (exact) mass is 423 g/mol. The van der Waals surface area contributed by atoms with Crippen molar-refractivity contribution in [1.82, 2.24) is 9.55 Å². The van der Waals surface area contributed by atoms with Gasteiger partial charge in [-0.2, -0.15) is 0 Å². The summed E-state index contributed by atoms with van der Waals surface area (Å²) >= 11 is 0. The van der Waals surface area contributed by atoms with Gasteiger partial charge in [-0.15, -0.1) is 0 Å². The van der Waals surface area contributed by atoms with Crippen LogP contribution in [-0.4, -0.2) is 41.2 Å². The Morgan fingerprint density at radius 1 is 1.16 bits per heavy atom. The first kappa shape index (κ1) is 20.4. The molecule has 31 heavy (non-hydrogen) atoms. The molecule has 1 aliphatic heterocycles. The summed E-state index contributed by atoms with van der Waals surface area (Å²) in [6.45, 7) is 4.33. The second-order valence-corrected chi connectivity index (χ2v) is 6.95. The third kappa shape index (κ3) is 4.20. The van der Waals surface area contributed by atoms with E-state index in [1.54, 1.807) is 44.2 Å². The van der Waals surface area contributed by atoms with E-state index < -0.39 is 11.4 Å². The van der Waals surface area contributed by atoms with Crippen LogP contribution in [0.15, 0.2) is 41.3 Å². The maximum absolute atomic E-state index is 12.7. The quantitative estimate of drug-likeness (QED) is 0.627. The maximum Gasteiger partial charge on any atom is 0.343 e. The van der Waals surface area contributed by atoms with Crippen molar-refractivity contribution in [3.63, 3.8) is 0 Å². The molecule has 0 atom stereocenters. The van der Waals surface area contributed by atoms with Crippen LogP contribution in [0.25, 0.3) is 11.0 Å². The molecule has 4 rings (SSSR count). The summed E-state index contributed by atoms with van der Waals surface area (Å²) in [5.74, 6) is 0.0740. The van der Waals surface area contributed by atoms with Gasteiger partial charge in [-0.1, -0.05) is 0 Å². The van der Waals surface area contributed by atoms with Gasteiger partial charge in [0.05, 0.1) is 12.0 Å². The highest BCUT2D eigenvalue weighted by Crippen LogP contribution is 2.32. The number of anilines is 1. The summed E-state index contributed by atoms with van der Waals surface area (Å²) in [5.41, 5.74) is 0.901. The average molecular weight is 423 g/mol. The molecule has 1 aromatic carbocycles. The van der Waals surface area contributed by atoms with E-state index in [-0.39, 0.29) is 30.0 Å². The summed E-state index contributed by atoms with van der Waals surface area (Å²) in [5, 5.41) is 3.03. The fraction of sp³-hybridized carbons (Fsp3) is 0.273. The third-order valence-electron chi connectivity index (χ3n) is 4.70. The molecule has 9 nitrogen and oxygen atoms in total. The molecule has 1 aliphatic rings. The van der Waals surface area contributed by atoms with Gasteiger partial charge in [0.15, 0.2) is 11.5 Å². The summed E-state index contributed by atoms with van der Waals surface area (Å²) in [6, 6.07) is 8.39. The minimum Gasteiger partial charge on any atom is -0.486 e. The highest BCUT2D eigenvalue weighted by Gasteiger charge is 2.19. The number of fused-ring (bicyclic) bond motifs is 2. The lowest BCUT2D eigenvalue weighted by molar-refractivity contribution is -0.116. The second kappa shape index (κ2) is 8.47. The molecule has 9 heteroatoms. The number of pyridine rings is 2. The number of aryl methyl sites for hydroxylation is 1. The number of amides is 1. The molecular formula is C22H21N3O6. The van der Waals surface area contributed by atoms with Crippen molar-refractivity contribution in [2.75, 3.05) is 25.1 Å². The Bertz CT molecular complexity index is 1230. The Morgan fingerprint density at radius 2 is 1.94 bits per heavy atom. The van der Waals surface area contributed by atoms with Crippen molar-refractivity contribution in [1.29, 1.82) is 0 Å². The van der Waals surface area contributed by atoms with E-state index in [0.717, 1.165) is 0 Å². The Labute approximate surface area is 177 Å². The lowest BCUT2D eigenvalue weighted by atomic mass is 10.2. The van der Waals surface area contributed by atoms with Crippen molar-refractivity contribution in [2.24, 2.45) is 0 Å². The number of carbonyl (C=O) groups is 2. The van der Waals surface area contributed by atoms with Crippen LogP contribution in [0.3, 0.4) is 0 Å². The number of ether oxygens (including phenoxy) is 3. The van der Waals surface area contributed by atoms with Gasteiger partial charge in [0.1, 0.15) is 31.0 Å². The number of hydrogen-bond acceptors (Lipinski definition) is 7. The highest BCUT2D eigenvalue weighted by atomic mass is 16.6. The Balaban J connectivity index is 1.66. The number of hydrogen-bond donors (Lipinski definition) is 1. The molecule has 2 aromatic heterocycles. The average Bonchev–Trinajstić information content (AvgIpc) is 2.75. The summed E-state index contributed by atoms with van der Waals surface area (Å²) in [6.07, 6.45) is 1.32. The van der Waals surface area contributed by atoms with E-state index in [9.17, 15) is 14.4 Å². The molecule has 1 amide bonds. The lowest BCUT2D eigenvalue weighted by Crippen LogP contribution is -2.25. The molecule has 0 fully saturated rings. The van der Waals surface area contributed by atoms with Gasteiger partial charge >= 0.3 is 5.97 Å². The fourth-order valence-corrected chi connectivity index (χ4v) is 3.31. The van der Waals surface area contributed by atoms with Gasteiger partial charge in [-0.05, 0) is 38.1 Å². The molecule has 0 bridgehead atoms. The summed E-state index contributed by atoms with van der Waals surface area (Å²) in [4.78, 5) is 42.1. The molecule has 1 N–H and O–H groups in total. The number of benzene rings is 1. The van der Waals surface area contributed by atoms with Crippen LogP contribution in [-0.2, 0) is 16.1 Å². The zero-order valence-corrected chi connectivity index (χ0v) is 17.1. The third-order valence-corrected chi connectivity index (χ3v) is 4.70. The maximum atomic E-state index is 12.7. The zero-order chi connectivity index (χ0) is 22.0. The van der Waals surface area contributed by atoms with Crippen LogP contribution < -0.4 is 20.2 Å². The predicted octanol–water partition coefficient (Wildman–Crippen LogP) is 2.29. The molecule has 160 valence electrons. The number of nitrogens with zero attached hydrogens (tertiary/aromatic N) is 2. The van der Waals surface area contributed by atoms with Crippen LogP contribution in [0.2, 0.25) is 0 Å². The number of nitrogens with one attached hydrogen (secondary N) is 1. The topological polar surface area (TPSA) is 109 Å².